The molecule has 1 unspecified atom stereocenters. The molecular weight excluding hydrogens is 262 g/mol. The van der Waals surface area contributed by atoms with Gasteiger partial charge in [0, 0.05) is 23.5 Å². The van der Waals surface area contributed by atoms with Crippen molar-refractivity contribution in [2.24, 2.45) is 0 Å². The molecule has 106 valence electrons. The Morgan fingerprint density at radius 3 is 3.10 bits per heavy atom. The van der Waals surface area contributed by atoms with Crippen LogP contribution in [0, 0.1) is 0 Å². The van der Waals surface area contributed by atoms with Gasteiger partial charge in [0.05, 0.1) is 18.3 Å². The standard InChI is InChI=1S/C17H17N3O/c18-14-6-5-12-10-19-20(16(12)9-14)11-13-7-8-21-17-4-2-1-3-15(13)17/h1-6,9-10,13H,7-8,11,18H2. The summed E-state index contributed by atoms with van der Waals surface area (Å²) in [6, 6.07) is 14.2. The summed E-state index contributed by atoms with van der Waals surface area (Å²) in [6.45, 7) is 1.62. The maximum atomic E-state index is 5.90. The van der Waals surface area contributed by atoms with Crippen LogP contribution in [0.3, 0.4) is 0 Å². The summed E-state index contributed by atoms with van der Waals surface area (Å²) in [4.78, 5) is 0. The lowest BCUT2D eigenvalue weighted by molar-refractivity contribution is 0.257. The first-order chi connectivity index (χ1) is 10.3. The summed E-state index contributed by atoms with van der Waals surface area (Å²) in [7, 11) is 0. The zero-order chi connectivity index (χ0) is 14.2. The van der Waals surface area contributed by atoms with Gasteiger partial charge in [0.15, 0.2) is 0 Å². The molecule has 0 bridgehead atoms. The van der Waals surface area contributed by atoms with E-state index in [1.165, 1.54) is 5.56 Å². The van der Waals surface area contributed by atoms with Crippen molar-refractivity contribution in [3.05, 3.63) is 54.2 Å². The van der Waals surface area contributed by atoms with E-state index in [0.29, 0.717) is 5.92 Å². The highest BCUT2D eigenvalue weighted by Gasteiger charge is 2.22. The van der Waals surface area contributed by atoms with Gasteiger partial charge < -0.3 is 10.5 Å². The smallest absolute Gasteiger partial charge is 0.122 e. The highest BCUT2D eigenvalue weighted by Crippen LogP contribution is 2.34. The second-order valence-corrected chi connectivity index (χ2v) is 5.52. The van der Waals surface area contributed by atoms with Gasteiger partial charge in [-0.1, -0.05) is 18.2 Å². The number of hydrogen-bond acceptors (Lipinski definition) is 3. The van der Waals surface area contributed by atoms with Gasteiger partial charge in [-0.3, -0.25) is 4.68 Å². The first-order valence-electron chi connectivity index (χ1n) is 7.24. The normalized spacial score (nSPS) is 17.4. The molecule has 21 heavy (non-hydrogen) atoms. The number of hydrogen-bond donors (Lipinski definition) is 1. The van der Waals surface area contributed by atoms with E-state index in [9.17, 15) is 0 Å². The fourth-order valence-corrected chi connectivity index (χ4v) is 3.05. The van der Waals surface area contributed by atoms with E-state index in [2.05, 4.69) is 21.9 Å². The predicted molar refractivity (Wildman–Crippen MR) is 83.4 cm³/mol. The van der Waals surface area contributed by atoms with Crippen molar-refractivity contribution in [2.45, 2.75) is 18.9 Å². The van der Waals surface area contributed by atoms with Crippen LogP contribution in [0.2, 0.25) is 0 Å². The zero-order valence-electron chi connectivity index (χ0n) is 11.7. The number of aromatic nitrogens is 2. The van der Waals surface area contributed by atoms with Gasteiger partial charge in [-0.2, -0.15) is 5.10 Å². The average Bonchev–Trinajstić information content (AvgIpc) is 2.90. The maximum Gasteiger partial charge on any atom is 0.122 e. The van der Waals surface area contributed by atoms with Crippen molar-refractivity contribution in [3.63, 3.8) is 0 Å². The molecule has 4 nitrogen and oxygen atoms in total. The van der Waals surface area contributed by atoms with Crippen LogP contribution in [0.15, 0.2) is 48.7 Å². The Balaban J connectivity index is 1.71. The van der Waals surface area contributed by atoms with E-state index in [1.54, 1.807) is 0 Å². The predicted octanol–water partition coefficient (Wildman–Crippen LogP) is 3.18. The van der Waals surface area contributed by atoms with Gasteiger partial charge >= 0.3 is 0 Å². The van der Waals surface area contributed by atoms with Gasteiger partial charge in [-0.05, 0) is 36.2 Å². The molecule has 4 heteroatoms. The number of benzene rings is 2. The Morgan fingerprint density at radius 2 is 2.14 bits per heavy atom. The Bertz CT molecular complexity index is 794. The SMILES string of the molecule is Nc1ccc2cnn(CC3CCOc4ccccc43)c2c1. The van der Waals surface area contributed by atoms with E-state index >= 15 is 0 Å². The summed E-state index contributed by atoms with van der Waals surface area (Å²) in [5, 5.41) is 5.65. The van der Waals surface area contributed by atoms with Crippen molar-refractivity contribution < 1.29 is 4.74 Å². The Kier molecular flexibility index (Phi) is 2.81. The molecule has 2 heterocycles. The number of ether oxygens (including phenoxy) is 1. The molecule has 1 aliphatic rings. The fraction of sp³-hybridized carbons (Fsp3) is 0.235. The molecule has 1 aliphatic heterocycles. The molecule has 0 radical (unpaired) electrons. The first-order valence-corrected chi connectivity index (χ1v) is 7.24. The van der Waals surface area contributed by atoms with Crippen LogP contribution in [0.1, 0.15) is 17.9 Å². The lowest BCUT2D eigenvalue weighted by Crippen LogP contribution is -2.19. The molecule has 0 fully saturated rings. The summed E-state index contributed by atoms with van der Waals surface area (Å²) >= 11 is 0. The Labute approximate surface area is 123 Å². The Morgan fingerprint density at radius 1 is 1.24 bits per heavy atom. The minimum atomic E-state index is 0.430. The average molecular weight is 279 g/mol. The molecule has 0 aliphatic carbocycles. The second kappa shape index (κ2) is 4.81. The van der Waals surface area contributed by atoms with Crippen molar-refractivity contribution in [2.75, 3.05) is 12.3 Å². The van der Waals surface area contributed by atoms with Gasteiger partial charge in [0.25, 0.3) is 0 Å². The molecule has 0 spiro atoms. The summed E-state index contributed by atoms with van der Waals surface area (Å²) < 4.78 is 7.78. The minimum Gasteiger partial charge on any atom is -0.493 e. The summed E-state index contributed by atoms with van der Waals surface area (Å²) in [5.41, 5.74) is 9.05. The molecule has 2 aromatic carbocycles. The van der Waals surface area contributed by atoms with Crippen molar-refractivity contribution in [1.82, 2.24) is 9.78 Å². The maximum absolute atomic E-state index is 5.90. The van der Waals surface area contributed by atoms with Crippen LogP contribution in [-0.2, 0) is 6.54 Å². The first kappa shape index (κ1) is 12.3. The van der Waals surface area contributed by atoms with E-state index < -0.39 is 0 Å². The van der Waals surface area contributed by atoms with E-state index in [0.717, 1.165) is 41.9 Å². The molecule has 0 saturated carbocycles. The van der Waals surface area contributed by atoms with Crippen LogP contribution in [0.4, 0.5) is 5.69 Å². The van der Waals surface area contributed by atoms with Crippen LogP contribution >= 0.6 is 0 Å². The van der Waals surface area contributed by atoms with Crippen molar-refractivity contribution >= 4 is 16.6 Å². The highest BCUT2D eigenvalue weighted by atomic mass is 16.5. The number of para-hydroxylation sites is 1. The number of rotatable bonds is 2. The molecular formula is C17H17N3O. The van der Waals surface area contributed by atoms with Crippen molar-refractivity contribution in [1.29, 1.82) is 0 Å². The van der Waals surface area contributed by atoms with E-state index in [4.69, 9.17) is 10.5 Å². The molecule has 3 aromatic rings. The van der Waals surface area contributed by atoms with E-state index in [-0.39, 0.29) is 0 Å². The number of nitrogens with two attached hydrogens (primary N) is 1. The largest absolute Gasteiger partial charge is 0.493 e. The molecule has 0 saturated heterocycles. The van der Waals surface area contributed by atoms with Gasteiger partial charge in [0.2, 0.25) is 0 Å². The molecule has 1 aromatic heterocycles. The third-order valence-electron chi connectivity index (χ3n) is 4.14. The molecule has 1 atom stereocenters. The number of fused-ring (bicyclic) bond motifs is 2. The number of anilines is 1. The van der Waals surface area contributed by atoms with Gasteiger partial charge in [-0.25, -0.2) is 0 Å². The number of nitrogens with zero attached hydrogens (tertiary/aromatic N) is 2. The lowest BCUT2D eigenvalue weighted by Gasteiger charge is -2.26. The molecule has 4 rings (SSSR count). The van der Waals surface area contributed by atoms with Crippen molar-refractivity contribution in [3.8, 4) is 5.75 Å². The van der Waals surface area contributed by atoms with Crippen LogP contribution in [0.25, 0.3) is 10.9 Å². The monoisotopic (exact) mass is 279 g/mol. The van der Waals surface area contributed by atoms with E-state index in [1.807, 2.05) is 36.5 Å². The molecule has 2 N–H and O–H groups in total. The lowest BCUT2D eigenvalue weighted by atomic mass is 9.93. The zero-order valence-corrected chi connectivity index (χ0v) is 11.7. The Hall–Kier alpha value is -2.49. The minimum absolute atomic E-state index is 0.430. The topological polar surface area (TPSA) is 53.1 Å². The van der Waals surface area contributed by atoms with Gasteiger partial charge in [0.1, 0.15) is 5.75 Å². The third-order valence-corrected chi connectivity index (χ3v) is 4.14. The van der Waals surface area contributed by atoms with Crippen LogP contribution in [-0.4, -0.2) is 16.4 Å². The molecule has 0 amide bonds. The van der Waals surface area contributed by atoms with Crippen LogP contribution in [0.5, 0.6) is 5.75 Å². The number of nitrogen functional groups attached to an aromatic ring is 1. The second-order valence-electron chi connectivity index (χ2n) is 5.52. The highest BCUT2D eigenvalue weighted by molar-refractivity contribution is 5.81. The fourth-order valence-electron chi connectivity index (χ4n) is 3.05. The quantitative estimate of drug-likeness (QED) is 0.733. The third kappa shape index (κ3) is 2.13. The van der Waals surface area contributed by atoms with Crippen LogP contribution < -0.4 is 10.5 Å². The summed E-state index contributed by atoms with van der Waals surface area (Å²) in [6.07, 6.45) is 2.92. The summed E-state index contributed by atoms with van der Waals surface area (Å²) in [5.74, 6) is 1.43. The van der Waals surface area contributed by atoms with Gasteiger partial charge in [-0.15, -0.1) is 0 Å².